The van der Waals surface area contributed by atoms with Gasteiger partial charge in [-0.15, -0.1) is 0 Å². The number of carbonyl (C=O) groups excluding carboxylic acids is 2. The number of hydrogen-bond acceptors (Lipinski definition) is 9. The second-order valence-corrected chi connectivity index (χ2v) is 25.6. The van der Waals surface area contributed by atoms with Crippen molar-refractivity contribution in [2.75, 3.05) is 44.4 Å². The Bertz CT molecular complexity index is 1950. The number of nitrogens with zero attached hydrogens (tertiary/aromatic N) is 6. The first-order chi connectivity index (χ1) is 25.8. The molecule has 3 aliphatic rings. The monoisotopic (exact) mass is 796 g/mol. The van der Waals surface area contributed by atoms with Gasteiger partial charge in [0.2, 0.25) is 10.0 Å². The molecule has 1 unspecified atom stereocenters. The van der Waals surface area contributed by atoms with Gasteiger partial charge in [-0.3, -0.25) is 9.58 Å². The zero-order valence-corrected chi connectivity index (χ0v) is 35.9. The Morgan fingerprint density at radius 2 is 1.67 bits per heavy atom. The van der Waals surface area contributed by atoms with Crippen molar-refractivity contribution in [3.63, 3.8) is 0 Å². The number of rotatable bonds is 12. The van der Waals surface area contributed by atoms with Crippen LogP contribution in [-0.4, -0.2) is 115 Å². The van der Waals surface area contributed by atoms with Crippen LogP contribution in [-0.2, 0) is 30.8 Å². The van der Waals surface area contributed by atoms with E-state index < -0.39 is 29.2 Å². The molecule has 2 amide bonds. The Labute approximate surface area is 327 Å². The Balaban J connectivity index is 1.33. The molecule has 302 valence electrons. The first-order valence-corrected chi connectivity index (χ1v) is 24.7. The smallest absolute Gasteiger partial charge is 0.410 e. The van der Waals surface area contributed by atoms with Gasteiger partial charge in [-0.2, -0.15) is 9.40 Å². The van der Waals surface area contributed by atoms with Gasteiger partial charge in [0.25, 0.3) is 0 Å². The Morgan fingerprint density at radius 1 is 1.00 bits per heavy atom. The van der Waals surface area contributed by atoms with E-state index in [1.165, 1.54) is 0 Å². The largest absolute Gasteiger partial charge is 0.445 e. The number of benzene rings is 2. The molecule has 2 aliphatic heterocycles. The quantitative estimate of drug-likeness (QED) is 0.105. The predicted molar refractivity (Wildman–Crippen MR) is 216 cm³/mol. The molecule has 55 heavy (non-hydrogen) atoms. The minimum Gasteiger partial charge on any atom is -0.445 e. The van der Waals surface area contributed by atoms with Gasteiger partial charge in [0.1, 0.15) is 18.9 Å². The summed E-state index contributed by atoms with van der Waals surface area (Å²) >= 11 is 0. The molecule has 15 heteroatoms. The summed E-state index contributed by atoms with van der Waals surface area (Å²) in [4.78, 5) is 32.2. The van der Waals surface area contributed by atoms with Crippen LogP contribution >= 0.6 is 0 Å². The number of fused-ring (bicyclic) bond motifs is 1. The van der Waals surface area contributed by atoms with E-state index in [0.717, 1.165) is 35.5 Å². The summed E-state index contributed by atoms with van der Waals surface area (Å²) in [6.07, 6.45) is 3.21. The van der Waals surface area contributed by atoms with Crippen molar-refractivity contribution in [3.05, 3.63) is 54.2 Å². The van der Waals surface area contributed by atoms with Crippen molar-refractivity contribution >= 4 is 46.9 Å². The lowest BCUT2D eigenvalue weighted by Gasteiger charge is -2.45. The third-order valence-corrected chi connectivity index (χ3v) is 14.5. The molecular formula is C40H60N6O7SSi. The van der Waals surface area contributed by atoms with Gasteiger partial charge in [-0.05, 0) is 84.5 Å². The number of likely N-dealkylation sites (tertiary alicyclic amines) is 1. The topological polar surface area (TPSA) is 127 Å². The summed E-state index contributed by atoms with van der Waals surface area (Å²) < 4.78 is 50.6. The van der Waals surface area contributed by atoms with Crippen molar-refractivity contribution in [2.24, 2.45) is 0 Å². The maximum atomic E-state index is 14.8. The summed E-state index contributed by atoms with van der Waals surface area (Å²) in [6, 6.07) is 13.4. The van der Waals surface area contributed by atoms with E-state index in [1.54, 1.807) is 32.4 Å². The fourth-order valence-electron chi connectivity index (χ4n) is 7.51. The third kappa shape index (κ3) is 9.49. The lowest BCUT2D eigenvalue weighted by atomic mass is 10.1. The van der Waals surface area contributed by atoms with Crippen LogP contribution in [0.25, 0.3) is 10.9 Å². The van der Waals surface area contributed by atoms with Crippen LogP contribution < -0.4 is 4.90 Å². The molecule has 1 aromatic heterocycles. The summed E-state index contributed by atoms with van der Waals surface area (Å²) in [6.45, 7) is 20.9. The molecular weight excluding hydrogens is 737 g/mol. The van der Waals surface area contributed by atoms with Gasteiger partial charge < -0.3 is 24.0 Å². The zero-order chi connectivity index (χ0) is 39.9. The molecule has 0 N–H and O–H groups in total. The van der Waals surface area contributed by atoms with Crippen LogP contribution in [0.3, 0.4) is 0 Å². The maximum absolute atomic E-state index is 14.8. The highest BCUT2D eigenvalue weighted by Crippen LogP contribution is 2.45. The highest BCUT2D eigenvalue weighted by Gasteiger charge is 2.50. The van der Waals surface area contributed by atoms with Crippen LogP contribution in [0.1, 0.15) is 72.4 Å². The van der Waals surface area contributed by atoms with Gasteiger partial charge in [-0.25, -0.2) is 18.0 Å². The molecule has 3 aromatic rings. The van der Waals surface area contributed by atoms with Crippen molar-refractivity contribution < 1.29 is 32.2 Å². The Kier molecular flexibility index (Phi) is 11.7. The highest BCUT2D eigenvalue weighted by molar-refractivity contribution is 7.89. The lowest BCUT2D eigenvalue weighted by molar-refractivity contribution is 0.00566. The number of carbonyl (C=O) groups is 2. The average Bonchev–Trinajstić information content (AvgIpc) is 3.45. The average molecular weight is 797 g/mol. The van der Waals surface area contributed by atoms with E-state index >= 15 is 0 Å². The molecule has 0 radical (unpaired) electrons. The van der Waals surface area contributed by atoms with Crippen LogP contribution in [0.4, 0.5) is 15.3 Å². The summed E-state index contributed by atoms with van der Waals surface area (Å²) in [5.41, 5.74) is 1.17. The van der Waals surface area contributed by atoms with Gasteiger partial charge in [0.05, 0.1) is 34.7 Å². The predicted octanol–water partition coefficient (Wildman–Crippen LogP) is 7.31. The van der Waals surface area contributed by atoms with Crippen molar-refractivity contribution in [2.45, 2.75) is 127 Å². The molecule has 2 saturated heterocycles. The first kappa shape index (κ1) is 41.0. The summed E-state index contributed by atoms with van der Waals surface area (Å²) in [5, 5.41) is 5.66. The van der Waals surface area contributed by atoms with Crippen molar-refractivity contribution in [1.82, 2.24) is 23.9 Å². The summed E-state index contributed by atoms with van der Waals surface area (Å²) in [7, 11) is -5.41. The van der Waals surface area contributed by atoms with E-state index in [9.17, 15) is 18.0 Å². The van der Waals surface area contributed by atoms with E-state index in [2.05, 4.69) is 24.5 Å². The van der Waals surface area contributed by atoms with Gasteiger partial charge in [0.15, 0.2) is 0 Å². The molecule has 3 atom stereocenters. The Morgan fingerprint density at radius 3 is 2.29 bits per heavy atom. The minimum absolute atomic E-state index is 0.0126. The SMILES string of the molecule is C[C@@H]1CN(c2cc(S(=O)(=O)N(COCC[Si](C)(C)C)C3(C)CC3)cc3c2cnn3C2CCN(C(=O)OCc3ccccc3)C2)C[C@H](C)N1C(=O)OC(C)(C)C. The van der Waals surface area contributed by atoms with Crippen molar-refractivity contribution in [3.8, 4) is 0 Å². The van der Waals surface area contributed by atoms with E-state index in [-0.39, 0.29) is 48.5 Å². The zero-order valence-electron chi connectivity index (χ0n) is 34.1. The lowest BCUT2D eigenvalue weighted by Crippen LogP contribution is -2.59. The number of amides is 2. The molecule has 0 spiro atoms. The normalized spacial score (nSPS) is 21.7. The van der Waals surface area contributed by atoms with Crippen LogP contribution in [0.15, 0.2) is 53.6 Å². The van der Waals surface area contributed by atoms with Crippen LogP contribution in [0.5, 0.6) is 0 Å². The minimum atomic E-state index is -4.03. The number of sulfonamides is 1. The molecule has 6 rings (SSSR count). The molecule has 3 fully saturated rings. The maximum Gasteiger partial charge on any atom is 0.410 e. The van der Waals surface area contributed by atoms with E-state index in [4.69, 9.17) is 19.3 Å². The molecule has 0 bridgehead atoms. The number of anilines is 1. The highest BCUT2D eigenvalue weighted by atomic mass is 32.2. The molecule has 2 aromatic carbocycles. The standard InChI is InChI=1S/C40H60N6O7SSi/c1-29-24-43(25-30(2)45(29)38(48)53-39(3,4)5)35-21-33(54(49,50)44(40(6)16-17-40)28-51-19-20-55(7,8)9)22-36-34(35)23-41-46(36)32-15-18-42(26-32)37(47)52-27-31-13-11-10-12-14-31/h10-14,21-23,29-30,32H,15-20,24-28H2,1-9H3/t29-,30+,32?. The molecule has 13 nitrogen and oxygen atoms in total. The molecule has 1 aliphatic carbocycles. The van der Waals surface area contributed by atoms with E-state index in [0.29, 0.717) is 44.7 Å². The first-order valence-electron chi connectivity index (χ1n) is 19.6. The summed E-state index contributed by atoms with van der Waals surface area (Å²) in [5.74, 6) is 0. The van der Waals surface area contributed by atoms with Gasteiger partial charge in [-0.1, -0.05) is 50.0 Å². The second kappa shape index (κ2) is 15.7. The number of ether oxygens (including phenoxy) is 3. The van der Waals surface area contributed by atoms with Crippen LogP contribution in [0, 0.1) is 0 Å². The molecule has 3 heterocycles. The van der Waals surface area contributed by atoms with Crippen LogP contribution in [0.2, 0.25) is 25.7 Å². The molecule has 1 saturated carbocycles. The van der Waals surface area contributed by atoms with Gasteiger partial charge >= 0.3 is 12.2 Å². The fourth-order valence-corrected chi connectivity index (χ4v) is 10.0. The Hall–Kier alpha value is -3.66. The van der Waals surface area contributed by atoms with Crippen molar-refractivity contribution in [1.29, 1.82) is 0 Å². The second-order valence-electron chi connectivity index (χ2n) is 18.1. The van der Waals surface area contributed by atoms with E-state index in [1.807, 2.05) is 76.6 Å². The number of hydrogen-bond donors (Lipinski definition) is 0. The third-order valence-electron chi connectivity index (χ3n) is 10.9. The van der Waals surface area contributed by atoms with Gasteiger partial charge in [0, 0.05) is 57.5 Å². The number of aromatic nitrogens is 2. The fraction of sp³-hybridized carbons (Fsp3) is 0.625. The number of piperazine rings is 1.